The fraction of sp³-hybridized carbons (Fsp3) is 0.860. The van der Waals surface area contributed by atoms with Crippen LogP contribution in [0.2, 0.25) is 0 Å². The summed E-state index contributed by atoms with van der Waals surface area (Å²) in [6, 6.07) is -1.05. The quantitative estimate of drug-likeness (QED) is 0.129. The molecule has 0 aliphatic carbocycles. The van der Waals surface area contributed by atoms with Crippen molar-refractivity contribution < 1.29 is 60.9 Å². The molecule has 1 heterocycles. The maximum Gasteiger partial charge on any atom is 0.407 e. The minimum absolute atomic E-state index is 0.00262. The van der Waals surface area contributed by atoms with Crippen molar-refractivity contribution in [2.45, 2.75) is 157 Å². The molecule has 0 aromatic heterocycles. The molecule has 63 heavy (non-hydrogen) atoms. The number of ether oxygens (including phenoxy) is 5. The minimum atomic E-state index is -4.10. The monoisotopic (exact) mass is 921 g/mol. The van der Waals surface area contributed by atoms with Crippen LogP contribution in [0.25, 0.3) is 0 Å². The summed E-state index contributed by atoms with van der Waals surface area (Å²) in [4.78, 5) is 86.1. The third-order valence-electron chi connectivity index (χ3n) is 8.48. The number of hydrogen-bond donors (Lipinski definition) is 2. The highest BCUT2D eigenvalue weighted by atomic mass is 32.2. The van der Waals surface area contributed by atoms with Crippen LogP contribution in [0.5, 0.6) is 0 Å². The van der Waals surface area contributed by atoms with Gasteiger partial charge in [0.05, 0.1) is 25.4 Å². The topological polar surface area (TPSA) is 220 Å². The predicted octanol–water partition coefficient (Wildman–Crippen LogP) is 3.08. The predicted molar refractivity (Wildman–Crippen MR) is 238 cm³/mol. The zero-order valence-corrected chi connectivity index (χ0v) is 41.7. The lowest BCUT2D eigenvalue weighted by molar-refractivity contribution is -0.163. The van der Waals surface area contributed by atoms with Crippen molar-refractivity contribution in [3.63, 3.8) is 0 Å². The highest BCUT2D eigenvalue weighted by Gasteiger charge is 2.33. The highest BCUT2D eigenvalue weighted by molar-refractivity contribution is 7.90. The Bertz CT molecular complexity index is 1580. The number of carbonyl (C=O) groups is 6. The Morgan fingerprint density at radius 3 is 1.22 bits per heavy atom. The Morgan fingerprint density at radius 2 is 0.873 bits per heavy atom. The summed E-state index contributed by atoms with van der Waals surface area (Å²) in [5.74, 6) is -3.28. The van der Waals surface area contributed by atoms with Gasteiger partial charge in [0.2, 0.25) is 15.9 Å². The summed E-state index contributed by atoms with van der Waals surface area (Å²) in [6.07, 6.45) is -1.18. The molecule has 1 rings (SSSR count). The average molecular weight is 921 g/mol. The van der Waals surface area contributed by atoms with Crippen LogP contribution < -0.4 is 10.0 Å². The van der Waals surface area contributed by atoms with E-state index in [4.69, 9.17) is 23.7 Å². The van der Waals surface area contributed by atoms with Crippen molar-refractivity contribution in [2.24, 2.45) is 0 Å². The Kier molecular flexibility index (Phi) is 22.5. The molecule has 0 aromatic carbocycles. The molecule has 366 valence electrons. The molecular formula is C43H80N6O13S. The van der Waals surface area contributed by atoms with E-state index in [2.05, 4.69) is 10.0 Å². The van der Waals surface area contributed by atoms with E-state index >= 15 is 0 Å². The van der Waals surface area contributed by atoms with Gasteiger partial charge in [0.25, 0.3) is 0 Å². The molecular weight excluding hydrogens is 841 g/mol. The average Bonchev–Trinajstić information content (AvgIpc) is 3.03. The zero-order chi connectivity index (χ0) is 48.6. The van der Waals surface area contributed by atoms with Crippen LogP contribution in [0.4, 0.5) is 4.79 Å². The molecule has 19 nitrogen and oxygen atoms in total. The molecule has 0 spiro atoms. The van der Waals surface area contributed by atoms with E-state index in [1.807, 2.05) is 19.6 Å². The Balaban J connectivity index is 3.50. The second-order valence-corrected chi connectivity index (χ2v) is 22.7. The smallest absolute Gasteiger partial charge is 0.407 e. The van der Waals surface area contributed by atoms with Gasteiger partial charge in [-0.15, -0.1) is 0 Å². The van der Waals surface area contributed by atoms with Crippen molar-refractivity contribution >= 4 is 45.9 Å². The Morgan fingerprint density at radius 1 is 0.524 bits per heavy atom. The van der Waals surface area contributed by atoms with Gasteiger partial charge in [-0.05, 0) is 117 Å². The van der Waals surface area contributed by atoms with Crippen LogP contribution in [-0.2, 0) is 57.7 Å². The third kappa shape index (κ3) is 29.5. The number of hydrogen-bond acceptors (Lipinski definition) is 17. The molecule has 0 aromatic rings. The molecule has 0 radical (unpaired) electrons. The van der Waals surface area contributed by atoms with Crippen LogP contribution >= 0.6 is 0 Å². The lowest BCUT2D eigenvalue weighted by Crippen LogP contribution is -2.53. The summed E-state index contributed by atoms with van der Waals surface area (Å²) >= 11 is 0. The van der Waals surface area contributed by atoms with E-state index in [9.17, 15) is 37.2 Å². The van der Waals surface area contributed by atoms with Crippen molar-refractivity contribution in [2.75, 3.05) is 84.3 Å². The number of sulfonamides is 1. The molecule has 1 atom stereocenters. The third-order valence-corrected chi connectivity index (χ3v) is 9.85. The maximum absolute atomic E-state index is 14.0. The van der Waals surface area contributed by atoms with Gasteiger partial charge in [-0.25, -0.2) is 13.2 Å². The first-order valence-corrected chi connectivity index (χ1v) is 23.4. The molecule has 20 heteroatoms. The summed E-state index contributed by atoms with van der Waals surface area (Å²) in [5.41, 5.74) is -3.84. The second kappa shape index (κ2) is 24.6. The number of esters is 4. The molecule has 0 bridgehead atoms. The Labute approximate surface area is 376 Å². The second-order valence-electron chi connectivity index (χ2n) is 20.8. The molecule has 1 fully saturated rings. The van der Waals surface area contributed by atoms with Crippen LogP contribution in [0.15, 0.2) is 0 Å². The van der Waals surface area contributed by atoms with Crippen LogP contribution in [0.3, 0.4) is 0 Å². The summed E-state index contributed by atoms with van der Waals surface area (Å²) < 4.78 is 55.8. The van der Waals surface area contributed by atoms with E-state index in [1.54, 1.807) is 104 Å². The number of nitrogens with zero attached hydrogens (tertiary/aromatic N) is 4. The van der Waals surface area contributed by atoms with Gasteiger partial charge in [0.15, 0.2) is 0 Å². The zero-order valence-electron chi connectivity index (χ0n) is 40.9. The van der Waals surface area contributed by atoms with Crippen molar-refractivity contribution in [3.8, 4) is 0 Å². The van der Waals surface area contributed by atoms with Crippen molar-refractivity contribution in [1.82, 2.24) is 29.6 Å². The first-order valence-electron chi connectivity index (χ1n) is 21.8. The van der Waals surface area contributed by atoms with E-state index in [0.717, 1.165) is 0 Å². The molecule has 1 saturated heterocycles. The summed E-state index contributed by atoms with van der Waals surface area (Å²) in [7, 11) is -4.10. The van der Waals surface area contributed by atoms with Gasteiger partial charge in [-0.1, -0.05) is 0 Å². The van der Waals surface area contributed by atoms with Crippen LogP contribution in [-0.4, -0.2) is 182 Å². The molecule has 2 amide bonds. The number of rotatable bonds is 16. The highest BCUT2D eigenvalue weighted by Crippen LogP contribution is 2.18. The van der Waals surface area contributed by atoms with Gasteiger partial charge >= 0.3 is 30.0 Å². The van der Waals surface area contributed by atoms with Crippen molar-refractivity contribution in [1.29, 1.82) is 0 Å². The van der Waals surface area contributed by atoms with E-state index in [1.165, 1.54) is 0 Å². The number of alkyl carbamates (subject to hydrolysis) is 1. The molecule has 0 saturated carbocycles. The SMILES string of the molecule is CC(C)(C)OC(=O)CN1CCN(CC(=O)OC(C)(C)C)CCN(C(CCC(=O)NS(=O)(=O)CCCNC(=O)OC(C)(C)C)C(=O)OC(C)(C)C)CCN(CC(=O)OC(C)(C)C)CC1. The van der Waals surface area contributed by atoms with Gasteiger partial charge in [-0.2, -0.15) is 0 Å². The standard InChI is InChI=1S/C43H80N6O13S/c1-39(2,3)58-34(51)29-46-20-22-47(30-35(52)59-40(4,5)6)24-26-49(27-25-48(23-21-46)31-36(53)60-41(7,8)9)32(37(54)61-42(10,11)12)17-18-33(50)45-63(56,57)28-16-19-44-38(55)62-43(13,14)15/h32H,16-31H2,1-15H3,(H,44,55)(H,45,50). The molecule has 1 aliphatic heterocycles. The largest absolute Gasteiger partial charge is 0.459 e. The summed E-state index contributed by atoms with van der Waals surface area (Å²) in [6.45, 7) is 28.1. The fourth-order valence-electron chi connectivity index (χ4n) is 6.14. The van der Waals surface area contributed by atoms with Gasteiger partial charge in [-0.3, -0.25) is 48.3 Å². The summed E-state index contributed by atoms with van der Waals surface area (Å²) in [5, 5.41) is 2.49. The van der Waals surface area contributed by atoms with Crippen LogP contribution in [0.1, 0.15) is 123 Å². The molecule has 2 N–H and O–H groups in total. The van der Waals surface area contributed by atoms with Gasteiger partial charge < -0.3 is 29.0 Å². The Hall–Kier alpha value is -3.59. The normalized spacial score (nSPS) is 17.0. The van der Waals surface area contributed by atoms with E-state index in [-0.39, 0.29) is 71.6 Å². The lowest BCUT2D eigenvalue weighted by atomic mass is 10.1. The van der Waals surface area contributed by atoms with Crippen LogP contribution in [0, 0.1) is 0 Å². The van der Waals surface area contributed by atoms with E-state index in [0.29, 0.717) is 26.2 Å². The first kappa shape index (κ1) is 57.4. The number of amides is 2. The molecule has 1 aliphatic rings. The maximum atomic E-state index is 14.0. The number of nitrogens with one attached hydrogen (secondary N) is 2. The van der Waals surface area contributed by atoms with E-state index < -0.39 is 85.7 Å². The minimum Gasteiger partial charge on any atom is -0.459 e. The van der Waals surface area contributed by atoms with Gasteiger partial charge in [0.1, 0.15) is 34.0 Å². The number of carbonyl (C=O) groups excluding carboxylic acids is 6. The molecule has 1 unspecified atom stereocenters. The fourth-order valence-corrected chi connectivity index (χ4v) is 7.21. The first-order chi connectivity index (χ1) is 28.5. The van der Waals surface area contributed by atoms with Gasteiger partial charge in [0, 0.05) is 65.3 Å². The lowest BCUT2D eigenvalue weighted by Gasteiger charge is -2.37. The van der Waals surface area contributed by atoms with Crippen molar-refractivity contribution in [3.05, 3.63) is 0 Å².